The van der Waals surface area contributed by atoms with Crippen LogP contribution in [0.1, 0.15) is 11.1 Å². The number of aliphatic carboxylic acids is 1. The SMILES string of the molecule is Cc1ccc(-c2cccc(N(C)c3ccc(S(=O)(=O)CC(=O)O)cc3)c2)c(C)c1. The number of sulfone groups is 1. The Morgan fingerprint density at radius 1 is 0.931 bits per heavy atom. The normalized spacial score (nSPS) is 11.3. The summed E-state index contributed by atoms with van der Waals surface area (Å²) in [5, 5.41) is 8.77. The van der Waals surface area contributed by atoms with Crippen LogP contribution in [0.2, 0.25) is 0 Å². The lowest BCUT2D eigenvalue weighted by Crippen LogP contribution is -2.15. The number of benzene rings is 3. The van der Waals surface area contributed by atoms with E-state index in [0.717, 1.165) is 16.9 Å². The van der Waals surface area contributed by atoms with E-state index in [1.165, 1.54) is 28.8 Å². The van der Waals surface area contributed by atoms with Crippen molar-refractivity contribution in [3.63, 3.8) is 0 Å². The number of carbonyl (C=O) groups is 1. The van der Waals surface area contributed by atoms with Crippen LogP contribution in [0.15, 0.2) is 71.6 Å². The van der Waals surface area contributed by atoms with E-state index in [1.54, 1.807) is 12.1 Å². The first-order chi connectivity index (χ1) is 13.7. The standard InChI is InChI=1S/C23H23NO4S/c1-16-7-12-22(17(2)13-16)18-5-4-6-20(14-18)24(3)19-8-10-21(11-9-19)29(27,28)15-23(25)26/h4-14H,15H2,1-3H3,(H,25,26). The molecule has 29 heavy (non-hydrogen) atoms. The Hall–Kier alpha value is -3.12. The minimum Gasteiger partial charge on any atom is -0.480 e. The van der Waals surface area contributed by atoms with E-state index in [1.807, 2.05) is 24.1 Å². The van der Waals surface area contributed by atoms with Crippen molar-refractivity contribution in [2.75, 3.05) is 17.7 Å². The summed E-state index contributed by atoms with van der Waals surface area (Å²) in [6.07, 6.45) is 0. The molecule has 0 heterocycles. The van der Waals surface area contributed by atoms with Gasteiger partial charge in [-0.2, -0.15) is 0 Å². The number of hydrogen-bond acceptors (Lipinski definition) is 4. The van der Waals surface area contributed by atoms with Crippen LogP contribution < -0.4 is 4.90 Å². The first-order valence-corrected chi connectivity index (χ1v) is 10.8. The van der Waals surface area contributed by atoms with E-state index in [2.05, 4.69) is 44.2 Å². The predicted molar refractivity (Wildman–Crippen MR) is 116 cm³/mol. The summed E-state index contributed by atoms with van der Waals surface area (Å²) >= 11 is 0. The van der Waals surface area contributed by atoms with Crippen LogP contribution in [-0.4, -0.2) is 32.3 Å². The second-order valence-electron chi connectivity index (χ2n) is 7.07. The van der Waals surface area contributed by atoms with Crippen molar-refractivity contribution >= 4 is 27.2 Å². The Bertz CT molecular complexity index is 1150. The number of carboxylic acids is 1. The van der Waals surface area contributed by atoms with E-state index in [-0.39, 0.29) is 4.90 Å². The maximum atomic E-state index is 12.1. The van der Waals surface area contributed by atoms with Gasteiger partial charge in [0.2, 0.25) is 0 Å². The lowest BCUT2D eigenvalue weighted by molar-refractivity contribution is -0.134. The van der Waals surface area contributed by atoms with Crippen LogP contribution >= 0.6 is 0 Å². The molecule has 3 aromatic rings. The third kappa shape index (κ3) is 4.66. The van der Waals surface area contributed by atoms with E-state index in [9.17, 15) is 13.2 Å². The van der Waals surface area contributed by atoms with Gasteiger partial charge in [0, 0.05) is 18.4 Å². The largest absolute Gasteiger partial charge is 0.480 e. The molecule has 1 N–H and O–H groups in total. The topological polar surface area (TPSA) is 74.7 Å². The Kier molecular flexibility index (Phi) is 5.75. The van der Waals surface area contributed by atoms with Crippen molar-refractivity contribution in [3.05, 3.63) is 77.9 Å². The molecule has 0 amide bonds. The zero-order chi connectivity index (χ0) is 21.2. The van der Waals surface area contributed by atoms with Crippen LogP contribution in [0, 0.1) is 13.8 Å². The average Bonchev–Trinajstić information content (AvgIpc) is 2.66. The first kappa shape index (κ1) is 20.6. The maximum Gasteiger partial charge on any atom is 0.319 e. The number of hydrogen-bond donors (Lipinski definition) is 1. The molecule has 0 radical (unpaired) electrons. The molecular formula is C23H23NO4S. The van der Waals surface area contributed by atoms with Gasteiger partial charge in [-0.05, 0) is 66.9 Å². The number of anilines is 2. The third-order valence-electron chi connectivity index (χ3n) is 4.82. The lowest BCUT2D eigenvalue weighted by atomic mass is 9.98. The van der Waals surface area contributed by atoms with Gasteiger partial charge in [0.15, 0.2) is 15.6 Å². The van der Waals surface area contributed by atoms with Crippen molar-refractivity contribution in [1.29, 1.82) is 0 Å². The molecule has 0 fully saturated rings. The zero-order valence-corrected chi connectivity index (χ0v) is 17.4. The van der Waals surface area contributed by atoms with E-state index >= 15 is 0 Å². The fourth-order valence-corrected chi connectivity index (χ4v) is 4.33. The van der Waals surface area contributed by atoms with Crippen molar-refractivity contribution in [2.45, 2.75) is 18.7 Å². The summed E-state index contributed by atoms with van der Waals surface area (Å²) in [6.45, 7) is 4.16. The van der Waals surface area contributed by atoms with Crippen molar-refractivity contribution < 1.29 is 18.3 Å². The molecule has 3 aromatic carbocycles. The molecule has 0 aromatic heterocycles. The first-order valence-electron chi connectivity index (χ1n) is 9.13. The molecular weight excluding hydrogens is 386 g/mol. The Balaban J connectivity index is 1.89. The molecule has 3 rings (SSSR count). The molecule has 0 saturated carbocycles. The molecule has 0 atom stereocenters. The second kappa shape index (κ2) is 8.09. The Morgan fingerprint density at radius 2 is 1.62 bits per heavy atom. The fourth-order valence-electron chi connectivity index (χ4n) is 3.29. The molecule has 6 heteroatoms. The molecule has 150 valence electrons. The smallest absolute Gasteiger partial charge is 0.319 e. The highest BCUT2D eigenvalue weighted by Crippen LogP contribution is 2.31. The van der Waals surface area contributed by atoms with Crippen LogP contribution in [0.3, 0.4) is 0 Å². The van der Waals surface area contributed by atoms with Crippen LogP contribution in [0.25, 0.3) is 11.1 Å². The second-order valence-corrected chi connectivity index (χ2v) is 9.06. The monoisotopic (exact) mass is 409 g/mol. The summed E-state index contributed by atoms with van der Waals surface area (Å²) in [4.78, 5) is 12.7. The summed E-state index contributed by atoms with van der Waals surface area (Å²) in [5.74, 6) is -2.28. The molecule has 0 bridgehead atoms. The molecule has 0 aliphatic carbocycles. The van der Waals surface area contributed by atoms with Gasteiger partial charge in [-0.25, -0.2) is 8.42 Å². The summed E-state index contributed by atoms with van der Waals surface area (Å²) < 4.78 is 24.1. The summed E-state index contributed by atoms with van der Waals surface area (Å²) in [7, 11) is -1.93. The molecule has 0 spiro atoms. The van der Waals surface area contributed by atoms with E-state index < -0.39 is 21.6 Å². The Labute approximate surface area is 171 Å². The molecule has 0 aliphatic heterocycles. The van der Waals surface area contributed by atoms with Gasteiger partial charge in [-0.3, -0.25) is 4.79 Å². The number of carboxylic acid groups (broad SMARTS) is 1. The minimum atomic E-state index is -3.84. The molecule has 0 aliphatic rings. The summed E-state index contributed by atoms with van der Waals surface area (Å²) in [5.41, 5.74) is 6.46. The maximum absolute atomic E-state index is 12.1. The highest BCUT2D eigenvalue weighted by molar-refractivity contribution is 7.92. The van der Waals surface area contributed by atoms with E-state index in [4.69, 9.17) is 5.11 Å². The van der Waals surface area contributed by atoms with Crippen LogP contribution in [0.5, 0.6) is 0 Å². The fraction of sp³-hybridized carbons (Fsp3) is 0.174. The number of rotatable bonds is 6. The van der Waals surface area contributed by atoms with Gasteiger partial charge < -0.3 is 10.0 Å². The number of aryl methyl sites for hydroxylation is 2. The van der Waals surface area contributed by atoms with Gasteiger partial charge in [0.05, 0.1) is 4.90 Å². The molecule has 0 saturated heterocycles. The molecule has 5 nitrogen and oxygen atoms in total. The highest BCUT2D eigenvalue weighted by atomic mass is 32.2. The van der Waals surface area contributed by atoms with Crippen molar-refractivity contribution in [3.8, 4) is 11.1 Å². The summed E-state index contributed by atoms with van der Waals surface area (Å²) in [6, 6.07) is 20.7. The minimum absolute atomic E-state index is 0.00100. The Morgan fingerprint density at radius 3 is 2.24 bits per heavy atom. The highest BCUT2D eigenvalue weighted by Gasteiger charge is 2.19. The van der Waals surface area contributed by atoms with Gasteiger partial charge in [0.25, 0.3) is 0 Å². The lowest BCUT2D eigenvalue weighted by Gasteiger charge is -2.21. The molecule has 0 unspecified atom stereocenters. The quantitative estimate of drug-likeness (QED) is 0.644. The van der Waals surface area contributed by atoms with Crippen molar-refractivity contribution in [2.24, 2.45) is 0 Å². The average molecular weight is 410 g/mol. The van der Waals surface area contributed by atoms with Gasteiger partial charge in [0.1, 0.15) is 0 Å². The van der Waals surface area contributed by atoms with Gasteiger partial charge in [-0.15, -0.1) is 0 Å². The van der Waals surface area contributed by atoms with Gasteiger partial charge in [-0.1, -0.05) is 35.9 Å². The van der Waals surface area contributed by atoms with Gasteiger partial charge >= 0.3 is 5.97 Å². The zero-order valence-electron chi connectivity index (χ0n) is 16.6. The predicted octanol–water partition coefficient (Wildman–Crippen LogP) is 4.60. The van der Waals surface area contributed by atoms with Crippen LogP contribution in [0.4, 0.5) is 11.4 Å². The van der Waals surface area contributed by atoms with E-state index in [0.29, 0.717) is 0 Å². The third-order valence-corrected chi connectivity index (χ3v) is 6.44. The van der Waals surface area contributed by atoms with Crippen LogP contribution in [-0.2, 0) is 14.6 Å². The number of nitrogens with zero attached hydrogens (tertiary/aromatic N) is 1. The van der Waals surface area contributed by atoms with Crippen molar-refractivity contribution in [1.82, 2.24) is 0 Å².